The summed E-state index contributed by atoms with van der Waals surface area (Å²) in [5.41, 5.74) is 2.57. The SMILES string of the molecule is Cc1ccc(O)c([C@H]2C3=C(N[C@H](C)CN4C(=O)c5ccccc5[C@]24O)c2ccccc2C3=O)c1. The van der Waals surface area contributed by atoms with Gasteiger partial charge in [0.25, 0.3) is 5.91 Å². The monoisotopic (exact) mass is 452 g/mol. The van der Waals surface area contributed by atoms with Gasteiger partial charge in [-0.2, -0.15) is 0 Å². The Balaban J connectivity index is 1.73. The number of aliphatic hydroxyl groups is 1. The summed E-state index contributed by atoms with van der Waals surface area (Å²) in [6.07, 6.45) is 0. The summed E-state index contributed by atoms with van der Waals surface area (Å²) in [5, 5.41) is 27.1. The highest BCUT2D eigenvalue weighted by Crippen LogP contribution is 2.55. The molecule has 0 saturated heterocycles. The standard InChI is InChI=1S/C28H24N2O4/c1-15-11-12-22(31)20(13-15)24-23-25(17-7-3-4-8-18(17)26(23)32)29-16(2)14-30-27(33)19-9-5-6-10-21(19)28(24,30)34/h3-13,16,24,29,31,34H,14H2,1-2H3/t16-,24+,28+/m1/s1. The van der Waals surface area contributed by atoms with Gasteiger partial charge < -0.3 is 20.4 Å². The Morgan fingerprint density at radius 3 is 2.41 bits per heavy atom. The average Bonchev–Trinajstić information content (AvgIpc) is 3.20. The lowest BCUT2D eigenvalue weighted by Gasteiger charge is -2.44. The van der Waals surface area contributed by atoms with Gasteiger partial charge in [0.1, 0.15) is 5.75 Å². The molecule has 0 fully saturated rings. The lowest BCUT2D eigenvalue weighted by atomic mass is 9.75. The van der Waals surface area contributed by atoms with Crippen molar-refractivity contribution in [1.29, 1.82) is 0 Å². The summed E-state index contributed by atoms with van der Waals surface area (Å²) in [7, 11) is 0. The number of rotatable bonds is 1. The van der Waals surface area contributed by atoms with Gasteiger partial charge in [-0.15, -0.1) is 0 Å². The highest BCUT2D eigenvalue weighted by molar-refractivity contribution is 6.21. The first-order valence-electron chi connectivity index (χ1n) is 11.4. The van der Waals surface area contributed by atoms with E-state index < -0.39 is 11.6 Å². The Hall–Kier alpha value is -3.90. The lowest BCUT2D eigenvalue weighted by molar-refractivity contribution is -0.100. The van der Waals surface area contributed by atoms with Gasteiger partial charge in [-0.05, 0) is 26.0 Å². The molecule has 2 heterocycles. The Kier molecular flexibility index (Phi) is 4.29. The first kappa shape index (κ1) is 20.7. The molecule has 0 unspecified atom stereocenters. The summed E-state index contributed by atoms with van der Waals surface area (Å²) >= 11 is 0. The molecule has 6 nitrogen and oxygen atoms in total. The minimum absolute atomic E-state index is 0.0370. The zero-order valence-electron chi connectivity index (χ0n) is 18.9. The minimum atomic E-state index is -1.85. The minimum Gasteiger partial charge on any atom is -0.508 e. The highest BCUT2D eigenvalue weighted by Gasteiger charge is 2.58. The Morgan fingerprint density at radius 2 is 1.65 bits per heavy atom. The molecule has 0 radical (unpaired) electrons. The molecule has 6 heteroatoms. The number of amides is 1. The third kappa shape index (κ3) is 2.60. The number of aromatic hydroxyl groups is 1. The quantitative estimate of drug-likeness (QED) is 0.524. The molecule has 6 rings (SSSR count). The van der Waals surface area contributed by atoms with Gasteiger partial charge in [0.05, 0.1) is 11.6 Å². The fourth-order valence-electron chi connectivity index (χ4n) is 5.75. The number of Topliss-reactive ketones (excluding diaryl/α,β-unsaturated/α-hetero) is 1. The molecule has 34 heavy (non-hydrogen) atoms. The normalized spacial score (nSPS) is 25.2. The highest BCUT2D eigenvalue weighted by atomic mass is 16.3. The number of hydrogen-bond donors (Lipinski definition) is 3. The third-order valence-corrected chi connectivity index (χ3v) is 7.20. The van der Waals surface area contributed by atoms with Crippen LogP contribution in [0.4, 0.5) is 0 Å². The lowest BCUT2D eigenvalue weighted by Crippen LogP contribution is -2.54. The van der Waals surface area contributed by atoms with E-state index in [0.29, 0.717) is 33.5 Å². The molecule has 1 aliphatic carbocycles. The van der Waals surface area contributed by atoms with Crippen molar-refractivity contribution in [2.24, 2.45) is 0 Å². The maximum Gasteiger partial charge on any atom is 0.256 e. The second-order valence-electron chi connectivity index (χ2n) is 9.39. The van der Waals surface area contributed by atoms with E-state index >= 15 is 0 Å². The summed E-state index contributed by atoms with van der Waals surface area (Å²) in [5.74, 6) is -1.56. The van der Waals surface area contributed by atoms with E-state index in [1.807, 2.05) is 32.0 Å². The fraction of sp³-hybridized carbons (Fsp3) is 0.214. The molecule has 3 aliphatic rings. The van der Waals surface area contributed by atoms with Crippen molar-refractivity contribution in [3.63, 3.8) is 0 Å². The average molecular weight is 453 g/mol. The first-order chi connectivity index (χ1) is 16.3. The van der Waals surface area contributed by atoms with Gasteiger partial charge in [-0.25, -0.2) is 0 Å². The van der Waals surface area contributed by atoms with Crippen molar-refractivity contribution in [2.75, 3.05) is 6.54 Å². The largest absolute Gasteiger partial charge is 0.508 e. The first-order valence-corrected chi connectivity index (χ1v) is 11.4. The van der Waals surface area contributed by atoms with Gasteiger partial charge in [0.15, 0.2) is 11.5 Å². The van der Waals surface area contributed by atoms with Crippen LogP contribution < -0.4 is 5.32 Å². The molecule has 3 N–H and O–H groups in total. The third-order valence-electron chi connectivity index (χ3n) is 7.20. The number of nitrogens with one attached hydrogen (secondary N) is 1. The Labute approximate surface area is 197 Å². The van der Waals surface area contributed by atoms with Crippen LogP contribution in [0.2, 0.25) is 0 Å². The van der Waals surface area contributed by atoms with Crippen LogP contribution in [0.5, 0.6) is 5.75 Å². The molecule has 0 saturated carbocycles. The molecule has 3 atom stereocenters. The second-order valence-corrected chi connectivity index (χ2v) is 9.39. The number of benzene rings is 3. The van der Waals surface area contributed by atoms with Crippen LogP contribution in [-0.2, 0) is 5.72 Å². The molecule has 3 aromatic carbocycles. The molecule has 0 aromatic heterocycles. The van der Waals surface area contributed by atoms with E-state index in [4.69, 9.17) is 0 Å². The maximum atomic E-state index is 13.9. The smallest absolute Gasteiger partial charge is 0.256 e. The van der Waals surface area contributed by atoms with Gasteiger partial charge in [-0.3, -0.25) is 9.59 Å². The molecule has 3 aromatic rings. The van der Waals surface area contributed by atoms with E-state index in [2.05, 4.69) is 5.32 Å². The molecule has 1 amide bonds. The van der Waals surface area contributed by atoms with E-state index in [0.717, 1.165) is 11.1 Å². The zero-order chi connectivity index (χ0) is 23.8. The van der Waals surface area contributed by atoms with Gasteiger partial charge in [0, 0.05) is 46.0 Å². The summed E-state index contributed by atoms with van der Waals surface area (Å²) in [6.45, 7) is 4.04. The molecular weight excluding hydrogens is 428 g/mol. The molecule has 170 valence electrons. The fourth-order valence-corrected chi connectivity index (χ4v) is 5.75. The van der Waals surface area contributed by atoms with Gasteiger partial charge in [-0.1, -0.05) is 60.2 Å². The molecular formula is C28H24N2O4. The molecule has 0 spiro atoms. The van der Waals surface area contributed by atoms with Crippen LogP contribution in [0.15, 0.2) is 72.3 Å². The van der Waals surface area contributed by atoms with Crippen molar-refractivity contribution in [3.05, 3.63) is 106 Å². The van der Waals surface area contributed by atoms with Crippen molar-refractivity contribution < 1.29 is 19.8 Å². The number of nitrogens with zero attached hydrogens (tertiary/aromatic N) is 1. The molecule has 0 bridgehead atoms. The van der Waals surface area contributed by atoms with Crippen LogP contribution in [0.1, 0.15) is 55.8 Å². The van der Waals surface area contributed by atoms with E-state index in [1.165, 1.54) is 4.90 Å². The number of carbonyl (C=O) groups excluding carboxylic acids is 2. The number of fused-ring (bicyclic) bond motifs is 5. The van der Waals surface area contributed by atoms with Crippen LogP contribution in [0.3, 0.4) is 0 Å². The van der Waals surface area contributed by atoms with E-state index in [1.54, 1.807) is 48.5 Å². The van der Waals surface area contributed by atoms with Crippen molar-refractivity contribution >= 4 is 17.4 Å². The van der Waals surface area contributed by atoms with Gasteiger partial charge >= 0.3 is 0 Å². The number of ketones is 1. The van der Waals surface area contributed by atoms with Crippen molar-refractivity contribution in [1.82, 2.24) is 10.2 Å². The number of phenols is 1. The van der Waals surface area contributed by atoms with Crippen LogP contribution >= 0.6 is 0 Å². The van der Waals surface area contributed by atoms with Crippen molar-refractivity contribution in [3.8, 4) is 5.75 Å². The number of phenolic OH excluding ortho intramolecular Hbond substituents is 1. The predicted molar refractivity (Wildman–Crippen MR) is 127 cm³/mol. The van der Waals surface area contributed by atoms with E-state index in [9.17, 15) is 19.8 Å². The summed E-state index contributed by atoms with van der Waals surface area (Å²) < 4.78 is 0. The Bertz CT molecular complexity index is 1430. The van der Waals surface area contributed by atoms with Crippen LogP contribution in [-0.4, -0.2) is 39.4 Å². The number of aryl methyl sites for hydroxylation is 1. The van der Waals surface area contributed by atoms with Crippen LogP contribution in [0, 0.1) is 6.92 Å². The molecule has 2 aliphatic heterocycles. The predicted octanol–water partition coefficient (Wildman–Crippen LogP) is 3.68. The van der Waals surface area contributed by atoms with Crippen LogP contribution in [0.25, 0.3) is 5.70 Å². The maximum absolute atomic E-state index is 13.9. The zero-order valence-corrected chi connectivity index (χ0v) is 18.9. The number of hydrogen-bond acceptors (Lipinski definition) is 5. The van der Waals surface area contributed by atoms with Crippen molar-refractivity contribution in [2.45, 2.75) is 31.5 Å². The summed E-state index contributed by atoms with van der Waals surface area (Å²) in [6, 6.07) is 19.2. The van der Waals surface area contributed by atoms with Gasteiger partial charge in [0.2, 0.25) is 0 Å². The summed E-state index contributed by atoms with van der Waals surface area (Å²) in [4.78, 5) is 28.9. The Morgan fingerprint density at radius 1 is 0.971 bits per heavy atom. The second kappa shape index (κ2) is 7.05. The number of carbonyl (C=O) groups is 2. The van der Waals surface area contributed by atoms with E-state index in [-0.39, 0.29) is 30.0 Å². The topological polar surface area (TPSA) is 89.9 Å².